The van der Waals surface area contributed by atoms with Crippen LogP contribution in [0.5, 0.6) is 5.75 Å². The Kier molecular flexibility index (Phi) is 3.47. The minimum atomic E-state index is -0.544. The number of fused-ring (bicyclic) bond motifs is 1. The summed E-state index contributed by atoms with van der Waals surface area (Å²) in [5, 5.41) is 10.3. The van der Waals surface area contributed by atoms with Gasteiger partial charge in [-0.05, 0) is 47.9 Å². The molecular weight excluding hydrogens is 340 g/mol. The van der Waals surface area contributed by atoms with Crippen molar-refractivity contribution in [2.75, 3.05) is 23.9 Å². The van der Waals surface area contributed by atoms with Crippen LogP contribution in [0.1, 0.15) is 12.0 Å². The lowest BCUT2D eigenvalue weighted by atomic mass is 9.93. The fourth-order valence-electron chi connectivity index (χ4n) is 4.13. The molecule has 1 aromatic heterocycles. The summed E-state index contributed by atoms with van der Waals surface area (Å²) in [6, 6.07) is 14.0. The van der Waals surface area contributed by atoms with Crippen LogP contribution in [0, 0.1) is 0 Å². The molecule has 0 radical (unpaired) electrons. The summed E-state index contributed by atoms with van der Waals surface area (Å²) in [5.74, 6) is 0.957. The fourth-order valence-corrected chi connectivity index (χ4v) is 4.13. The predicted octanol–water partition coefficient (Wildman–Crippen LogP) is 3.23. The van der Waals surface area contributed by atoms with Crippen molar-refractivity contribution in [3.8, 4) is 16.9 Å². The SMILES string of the molecule is COc1ccc2c(c1)CC1(CCN(c3ccc(-c4cn[nH]c4)cc3)C1=O)N2. The van der Waals surface area contributed by atoms with Crippen LogP contribution in [0.4, 0.5) is 11.4 Å². The number of methoxy groups -OCH3 is 1. The van der Waals surface area contributed by atoms with Gasteiger partial charge in [0.1, 0.15) is 11.3 Å². The second-order valence-corrected chi connectivity index (χ2v) is 7.15. The van der Waals surface area contributed by atoms with Crippen molar-refractivity contribution < 1.29 is 9.53 Å². The zero-order valence-electron chi connectivity index (χ0n) is 15.0. The summed E-state index contributed by atoms with van der Waals surface area (Å²) in [5.41, 5.74) is 4.67. The average molecular weight is 360 g/mol. The third-order valence-electron chi connectivity index (χ3n) is 5.61. The Hall–Kier alpha value is -3.28. The molecule has 2 aromatic carbocycles. The number of rotatable bonds is 3. The fraction of sp³-hybridized carbons (Fsp3) is 0.238. The van der Waals surface area contributed by atoms with Crippen molar-refractivity contribution in [1.82, 2.24) is 10.2 Å². The molecule has 2 aliphatic heterocycles. The van der Waals surface area contributed by atoms with Crippen LogP contribution in [0.3, 0.4) is 0 Å². The normalized spacial score (nSPS) is 20.8. The lowest BCUT2D eigenvalue weighted by molar-refractivity contribution is -0.120. The van der Waals surface area contributed by atoms with Crippen molar-refractivity contribution in [3.63, 3.8) is 0 Å². The summed E-state index contributed by atoms with van der Waals surface area (Å²) in [6.45, 7) is 0.710. The molecule has 27 heavy (non-hydrogen) atoms. The summed E-state index contributed by atoms with van der Waals surface area (Å²) >= 11 is 0. The molecule has 5 rings (SSSR count). The monoisotopic (exact) mass is 360 g/mol. The molecule has 1 unspecified atom stereocenters. The minimum Gasteiger partial charge on any atom is -0.497 e. The van der Waals surface area contributed by atoms with Crippen molar-refractivity contribution in [2.24, 2.45) is 0 Å². The first-order valence-electron chi connectivity index (χ1n) is 9.05. The number of nitrogens with zero attached hydrogens (tertiary/aromatic N) is 2. The first kappa shape index (κ1) is 15.9. The van der Waals surface area contributed by atoms with Crippen LogP contribution < -0.4 is 15.0 Å². The van der Waals surface area contributed by atoms with E-state index >= 15 is 0 Å². The predicted molar refractivity (Wildman–Crippen MR) is 104 cm³/mol. The van der Waals surface area contributed by atoms with E-state index in [1.165, 1.54) is 0 Å². The molecule has 1 atom stereocenters. The standard InChI is InChI=1S/C21H20N4O2/c1-27-18-6-7-19-15(10-18)11-21(24-19)8-9-25(20(21)26)17-4-2-14(3-5-17)16-12-22-23-13-16/h2-7,10,12-13,24H,8-9,11H2,1H3,(H,22,23). The molecule has 6 heteroatoms. The second-order valence-electron chi connectivity index (χ2n) is 7.15. The van der Waals surface area contributed by atoms with Gasteiger partial charge in [0.15, 0.2) is 0 Å². The molecular formula is C21H20N4O2. The third-order valence-corrected chi connectivity index (χ3v) is 5.61. The molecule has 6 nitrogen and oxygen atoms in total. The highest BCUT2D eigenvalue weighted by Crippen LogP contribution is 2.41. The Bertz CT molecular complexity index is 998. The molecule has 1 fully saturated rings. The highest BCUT2D eigenvalue weighted by atomic mass is 16.5. The molecule has 0 saturated carbocycles. The minimum absolute atomic E-state index is 0.133. The molecule has 3 heterocycles. The van der Waals surface area contributed by atoms with E-state index in [0.717, 1.165) is 40.2 Å². The quantitative estimate of drug-likeness (QED) is 0.752. The number of carbonyl (C=O) groups excluding carboxylic acids is 1. The van der Waals surface area contributed by atoms with E-state index in [1.807, 2.05) is 53.6 Å². The van der Waals surface area contributed by atoms with Crippen molar-refractivity contribution in [3.05, 3.63) is 60.4 Å². The first-order valence-corrected chi connectivity index (χ1v) is 9.05. The van der Waals surface area contributed by atoms with Gasteiger partial charge in [-0.25, -0.2) is 0 Å². The van der Waals surface area contributed by atoms with E-state index in [-0.39, 0.29) is 5.91 Å². The molecule has 1 amide bonds. The Morgan fingerprint density at radius 3 is 2.74 bits per heavy atom. The molecule has 0 bridgehead atoms. The van der Waals surface area contributed by atoms with E-state index in [2.05, 4.69) is 15.5 Å². The van der Waals surface area contributed by atoms with Crippen LogP contribution >= 0.6 is 0 Å². The van der Waals surface area contributed by atoms with Gasteiger partial charge in [-0.2, -0.15) is 5.10 Å². The maximum absolute atomic E-state index is 13.3. The number of H-pyrrole nitrogens is 1. The topological polar surface area (TPSA) is 70.2 Å². The number of amides is 1. The maximum atomic E-state index is 13.3. The Morgan fingerprint density at radius 1 is 1.15 bits per heavy atom. The van der Waals surface area contributed by atoms with E-state index in [0.29, 0.717) is 13.0 Å². The lowest BCUT2D eigenvalue weighted by Crippen LogP contribution is -2.45. The van der Waals surface area contributed by atoms with E-state index < -0.39 is 5.54 Å². The summed E-state index contributed by atoms with van der Waals surface area (Å²) in [7, 11) is 1.66. The van der Waals surface area contributed by atoms with Gasteiger partial charge < -0.3 is 15.0 Å². The summed E-state index contributed by atoms with van der Waals surface area (Å²) in [6.07, 6.45) is 5.13. The number of carbonyl (C=O) groups is 1. The van der Waals surface area contributed by atoms with Gasteiger partial charge in [-0.3, -0.25) is 9.89 Å². The lowest BCUT2D eigenvalue weighted by Gasteiger charge is -2.24. The summed E-state index contributed by atoms with van der Waals surface area (Å²) < 4.78 is 5.32. The smallest absolute Gasteiger partial charge is 0.253 e. The number of anilines is 2. The van der Waals surface area contributed by atoms with Crippen molar-refractivity contribution in [2.45, 2.75) is 18.4 Å². The van der Waals surface area contributed by atoms with E-state index in [9.17, 15) is 4.79 Å². The molecule has 2 aliphatic rings. The zero-order valence-corrected chi connectivity index (χ0v) is 15.0. The van der Waals surface area contributed by atoms with Crippen molar-refractivity contribution >= 4 is 17.3 Å². The van der Waals surface area contributed by atoms with E-state index in [1.54, 1.807) is 13.3 Å². The number of hydrogen-bond donors (Lipinski definition) is 2. The molecule has 2 N–H and O–H groups in total. The molecule has 136 valence electrons. The zero-order chi connectivity index (χ0) is 18.4. The van der Waals surface area contributed by atoms with Crippen LogP contribution in [-0.4, -0.2) is 35.3 Å². The van der Waals surface area contributed by atoms with Gasteiger partial charge in [-0.1, -0.05) is 12.1 Å². The van der Waals surface area contributed by atoms with Gasteiger partial charge in [0.2, 0.25) is 0 Å². The highest BCUT2D eigenvalue weighted by Gasteiger charge is 2.50. The van der Waals surface area contributed by atoms with Crippen LogP contribution in [0.25, 0.3) is 11.1 Å². The van der Waals surface area contributed by atoms with Crippen LogP contribution in [0.15, 0.2) is 54.9 Å². The number of nitrogens with one attached hydrogen (secondary N) is 2. The number of aromatic nitrogens is 2. The Labute approximate surface area is 157 Å². The Balaban J connectivity index is 1.39. The maximum Gasteiger partial charge on any atom is 0.253 e. The van der Waals surface area contributed by atoms with Crippen molar-refractivity contribution in [1.29, 1.82) is 0 Å². The van der Waals surface area contributed by atoms with Gasteiger partial charge in [0.05, 0.1) is 13.3 Å². The van der Waals surface area contributed by atoms with Gasteiger partial charge >= 0.3 is 0 Å². The van der Waals surface area contributed by atoms with Gasteiger partial charge in [-0.15, -0.1) is 0 Å². The Morgan fingerprint density at radius 2 is 2.00 bits per heavy atom. The number of benzene rings is 2. The molecule has 1 saturated heterocycles. The van der Waals surface area contributed by atoms with Gasteiger partial charge in [0, 0.05) is 36.1 Å². The third kappa shape index (κ3) is 2.48. The number of ether oxygens (including phenoxy) is 1. The van der Waals surface area contributed by atoms with Gasteiger partial charge in [0.25, 0.3) is 5.91 Å². The number of hydrogen-bond acceptors (Lipinski definition) is 4. The molecule has 1 spiro atoms. The molecule has 3 aromatic rings. The van der Waals surface area contributed by atoms with Crippen LogP contribution in [0.2, 0.25) is 0 Å². The second kappa shape index (κ2) is 5.87. The highest BCUT2D eigenvalue weighted by molar-refractivity contribution is 6.06. The first-order chi connectivity index (χ1) is 13.2. The molecule has 0 aliphatic carbocycles. The average Bonchev–Trinajstić information content (AvgIpc) is 3.42. The largest absolute Gasteiger partial charge is 0.497 e. The van der Waals surface area contributed by atoms with Crippen LogP contribution in [-0.2, 0) is 11.2 Å². The summed E-state index contributed by atoms with van der Waals surface area (Å²) in [4.78, 5) is 15.2. The van der Waals surface area contributed by atoms with E-state index in [4.69, 9.17) is 4.74 Å². The number of aromatic amines is 1.